The van der Waals surface area contributed by atoms with E-state index in [1.54, 1.807) is 0 Å². The van der Waals surface area contributed by atoms with Gasteiger partial charge in [-0.05, 0) is 25.0 Å². The Kier molecular flexibility index (Phi) is 4.18. The Morgan fingerprint density at radius 2 is 2.32 bits per heavy atom. The largest absolute Gasteiger partial charge is 0.309 e. The van der Waals surface area contributed by atoms with Gasteiger partial charge in [-0.25, -0.2) is 4.98 Å². The van der Waals surface area contributed by atoms with Crippen molar-refractivity contribution >= 4 is 11.0 Å². The fourth-order valence-electron chi connectivity index (χ4n) is 2.21. The van der Waals surface area contributed by atoms with Crippen molar-refractivity contribution in [3.05, 3.63) is 23.5 Å². The molecule has 1 atom stereocenters. The molecule has 0 fully saturated rings. The lowest BCUT2D eigenvalue weighted by Gasteiger charge is -2.13. The first-order chi connectivity index (χ1) is 9.15. The predicted molar refractivity (Wildman–Crippen MR) is 77.6 cm³/mol. The molecule has 0 aliphatic heterocycles. The molecule has 0 amide bonds. The van der Waals surface area contributed by atoms with Gasteiger partial charge in [0.05, 0.1) is 5.69 Å². The van der Waals surface area contributed by atoms with Crippen LogP contribution in [0.4, 0.5) is 0 Å². The Labute approximate surface area is 114 Å². The number of nitrogens with one attached hydrogen (secondary N) is 1. The first kappa shape index (κ1) is 13.6. The van der Waals surface area contributed by atoms with E-state index in [2.05, 4.69) is 34.3 Å². The summed E-state index contributed by atoms with van der Waals surface area (Å²) < 4.78 is 1.81. The van der Waals surface area contributed by atoms with Crippen LogP contribution < -0.4 is 5.32 Å². The topological polar surface area (TPSA) is 42.7 Å². The lowest BCUT2D eigenvalue weighted by atomic mass is 10.1. The number of terminal acetylenes is 1. The maximum Gasteiger partial charge on any atom is 0.157 e. The molecule has 0 aliphatic carbocycles. The van der Waals surface area contributed by atoms with E-state index in [0.29, 0.717) is 6.04 Å². The fraction of sp³-hybridized carbons (Fsp3) is 0.467. The second kappa shape index (κ2) is 5.85. The minimum absolute atomic E-state index is 0.371. The first-order valence-electron chi connectivity index (χ1n) is 6.60. The summed E-state index contributed by atoms with van der Waals surface area (Å²) in [6.45, 7) is 4.94. The van der Waals surface area contributed by atoms with Crippen molar-refractivity contribution in [2.24, 2.45) is 7.05 Å². The zero-order valence-corrected chi connectivity index (χ0v) is 11.8. The van der Waals surface area contributed by atoms with E-state index in [1.165, 1.54) is 5.56 Å². The highest BCUT2D eigenvalue weighted by Gasteiger charge is 2.08. The van der Waals surface area contributed by atoms with E-state index in [9.17, 15) is 0 Å². The van der Waals surface area contributed by atoms with Crippen LogP contribution >= 0.6 is 0 Å². The monoisotopic (exact) mass is 256 g/mol. The molecule has 19 heavy (non-hydrogen) atoms. The van der Waals surface area contributed by atoms with Crippen molar-refractivity contribution < 1.29 is 0 Å². The molecule has 1 N–H and O–H groups in total. The lowest BCUT2D eigenvalue weighted by Crippen LogP contribution is -2.27. The Bertz CT molecular complexity index is 606. The number of aryl methyl sites for hydroxylation is 2. The van der Waals surface area contributed by atoms with Crippen LogP contribution in [0.2, 0.25) is 0 Å². The van der Waals surface area contributed by atoms with Crippen LogP contribution in [0.15, 0.2) is 12.3 Å². The molecule has 4 heteroatoms. The van der Waals surface area contributed by atoms with Crippen LogP contribution in [0.5, 0.6) is 0 Å². The second-order valence-corrected chi connectivity index (χ2v) is 4.82. The van der Waals surface area contributed by atoms with Crippen LogP contribution in [0.25, 0.3) is 11.0 Å². The molecule has 0 saturated carbocycles. The molecule has 2 rings (SSSR count). The van der Waals surface area contributed by atoms with Crippen molar-refractivity contribution in [3.8, 4) is 12.3 Å². The zero-order chi connectivity index (χ0) is 13.8. The normalized spacial score (nSPS) is 12.5. The van der Waals surface area contributed by atoms with E-state index in [1.807, 2.05) is 24.9 Å². The summed E-state index contributed by atoms with van der Waals surface area (Å²) in [6.07, 6.45) is 9.05. The average Bonchev–Trinajstić information content (AvgIpc) is 2.70. The lowest BCUT2D eigenvalue weighted by molar-refractivity contribution is 0.506. The minimum Gasteiger partial charge on any atom is -0.309 e. The summed E-state index contributed by atoms with van der Waals surface area (Å²) in [5.41, 5.74) is 3.11. The predicted octanol–water partition coefficient (Wildman–Crippen LogP) is 2.17. The summed E-state index contributed by atoms with van der Waals surface area (Å²) in [5.74, 6) is 2.71. The summed E-state index contributed by atoms with van der Waals surface area (Å²) in [4.78, 5) is 4.47. The van der Waals surface area contributed by atoms with Crippen LogP contribution in [0, 0.1) is 19.3 Å². The third-order valence-electron chi connectivity index (χ3n) is 3.37. The standard InChI is InChI=1S/C15H20N4/c1-5-7-13(6-2)16-9-12-8-14-11(3)18-19(4)15(14)17-10-12/h1,8,10,13,16H,6-7,9H2,2-4H3. The Morgan fingerprint density at radius 1 is 1.53 bits per heavy atom. The summed E-state index contributed by atoms with van der Waals surface area (Å²) >= 11 is 0. The molecule has 0 saturated heterocycles. The SMILES string of the molecule is C#CCC(CC)NCc1cnc2c(c1)c(C)nn2C. The van der Waals surface area contributed by atoms with Crippen molar-refractivity contribution in [2.75, 3.05) is 0 Å². The van der Waals surface area contributed by atoms with Gasteiger partial charge in [-0.3, -0.25) is 4.68 Å². The van der Waals surface area contributed by atoms with E-state index < -0.39 is 0 Å². The number of pyridine rings is 1. The van der Waals surface area contributed by atoms with Crippen LogP contribution in [0.3, 0.4) is 0 Å². The van der Waals surface area contributed by atoms with Crippen LogP contribution in [-0.2, 0) is 13.6 Å². The van der Waals surface area contributed by atoms with Gasteiger partial charge in [0.1, 0.15) is 0 Å². The highest BCUT2D eigenvalue weighted by molar-refractivity contribution is 5.78. The molecule has 0 bridgehead atoms. The molecule has 4 nitrogen and oxygen atoms in total. The smallest absolute Gasteiger partial charge is 0.157 e. The van der Waals surface area contributed by atoms with Crippen molar-refractivity contribution in [1.29, 1.82) is 0 Å². The molecule has 2 heterocycles. The Morgan fingerprint density at radius 3 is 3.00 bits per heavy atom. The van der Waals surface area contributed by atoms with Gasteiger partial charge in [0.2, 0.25) is 0 Å². The zero-order valence-electron chi connectivity index (χ0n) is 11.8. The number of hydrogen-bond donors (Lipinski definition) is 1. The molecule has 0 radical (unpaired) electrons. The third-order valence-corrected chi connectivity index (χ3v) is 3.37. The molecular weight excluding hydrogens is 236 g/mol. The third kappa shape index (κ3) is 2.94. The fourth-order valence-corrected chi connectivity index (χ4v) is 2.21. The van der Waals surface area contributed by atoms with Gasteiger partial charge in [-0.2, -0.15) is 5.10 Å². The molecule has 0 spiro atoms. The van der Waals surface area contributed by atoms with E-state index in [4.69, 9.17) is 6.42 Å². The molecular formula is C15H20N4. The maximum atomic E-state index is 5.36. The molecule has 2 aromatic heterocycles. The Balaban J connectivity index is 2.13. The van der Waals surface area contributed by atoms with Gasteiger partial charge in [0, 0.05) is 37.6 Å². The number of hydrogen-bond acceptors (Lipinski definition) is 3. The van der Waals surface area contributed by atoms with Crippen LogP contribution in [0.1, 0.15) is 31.0 Å². The highest BCUT2D eigenvalue weighted by Crippen LogP contribution is 2.16. The second-order valence-electron chi connectivity index (χ2n) is 4.82. The summed E-state index contributed by atoms with van der Waals surface area (Å²) in [7, 11) is 1.92. The maximum absolute atomic E-state index is 5.36. The van der Waals surface area contributed by atoms with Gasteiger partial charge < -0.3 is 5.32 Å². The summed E-state index contributed by atoms with van der Waals surface area (Å²) in [5, 5.41) is 8.96. The van der Waals surface area contributed by atoms with E-state index >= 15 is 0 Å². The quantitative estimate of drug-likeness (QED) is 0.834. The minimum atomic E-state index is 0.371. The van der Waals surface area contributed by atoms with Gasteiger partial charge in [0.25, 0.3) is 0 Å². The van der Waals surface area contributed by atoms with E-state index in [-0.39, 0.29) is 0 Å². The number of fused-ring (bicyclic) bond motifs is 1. The van der Waals surface area contributed by atoms with Gasteiger partial charge in [-0.15, -0.1) is 12.3 Å². The highest BCUT2D eigenvalue weighted by atomic mass is 15.3. The van der Waals surface area contributed by atoms with Crippen molar-refractivity contribution in [1.82, 2.24) is 20.1 Å². The van der Waals surface area contributed by atoms with E-state index in [0.717, 1.165) is 36.1 Å². The van der Waals surface area contributed by atoms with Crippen molar-refractivity contribution in [3.63, 3.8) is 0 Å². The summed E-state index contributed by atoms with van der Waals surface area (Å²) in [6, 6.07) is 2.52. The van der Waals surface area contributed by atoms with Gasteiger partial charge in [-0.1, -0.05) is 6.92 Å². The molecule has 2 aromatic rings. The molecule has 100 valence electrons. The molecule has 0 aromatic carbocycles. The van der Waals surface area contributed by atoms with Gasteiger partial charge in [0.15, 0.2) is 5.65 Å². The Hall–Kier alpha value is -1.86. The molecule has 0 aliphatic rings. The first-order valence-corrected chi connectivity index (χ1v) is 6.60. The number of rotatable bonds is 5. The number of nitrogens with zero attached hydrogens (tertiary/aromatic N) is 3. The van der Waals surface area contributed by atoms with Gasteiger partial charge >= 0.3 is 0 Å². The van der Waals surface area contributed by atoms with Crippen LogP contribution in [-0.4, -0.2) is 20.8 Å². The van der Waals surface area contributed by atoms with Crippen molar-refractivity contribution in [2.45, 2.75) is 39.3 Å². The number of aromatic nitrogens is 3. The molecule has 1 unspecified atom stereocenters. The average molecular weight is 256 g/mol.